The molecule has 5 nitrogen and oxygen atoms in total. The number of hydrogen-bond donors (Lipinski definition) is 1. The van der Waals surface area contributed by atoms with Gasteiger partial charge in [0.1, 0.15) is 5.75 Å². The lowest BCUT2D eigenvalue weighted by Gasteiger charge is -2.12. The Morgan fingerprint density at radius 3 is 2.56 bits per heavy atom. The molecule has 0 aliphatic rings. The van der Waals surface area contributed by atoms with Crippen LogP contribution in [0.5, 0.6) is 5.75 Å². The van der Waals surface area contributed by atoms with Gasteiger partial charge in [0.05, 0.1) is 12.2 Å². The van der Waals surface area contributed by atoms with E-state index >= 15 is 0 Å². The Kier molecular flexibility index (Phi) is 5.71. The summed E-state index contributed by atoms with van der Waals surface area (Å²) < 4.78 is 10.7. The highest BCUT2D eigenvalue weighted by Gasteiger charge is 2.11. The topological polar surface area (TPSA) is 64.6 Å². The van der Waals surface area contributed by atoms with E-state index in [1.807, 2.05) is 49.4 Å². The van der Waals surface area contributed by atoms with E-state index in [-0.39, 0.29) is 18.5 Å². The number of aryl methyl sites for hydroxylation is 1. The van der Waals surface area contributed by atoms with Crippen LogP contribution >= 0.6 is 0 Å². The lowest BCUT2D eigenvalue weighted by molar-refractivity contribution is -0.118. The molecular formula is C22H21NO4. The number of esters is 1. The first-order valence-corrected chi connectivity index (χ1v) is 8.76. The fraction of sp³-hybridized carbons (Fsp3) is 0.182. The third kappa shape index (κ3) is 4.44. The average molecular weight is 363 g/mol. The smallest absolute Gasteiger partial charge is 0.338 e. The highest BCUT2D eigenvalue weighted by Crippen LogP contribution is 2.25. The van der Waals surface area contributed by atoms with Crippen molar-refractivity contribution in [1.29, 1.82) is 0 Å². The minimum absolute atomic E-state index is 0.104. The number of amides is 1. The molecule has 0 radical (unpaired) electrons. The molecule has 0 saturated heterocycles. The van der Waals surface area contributed by atoms with Gasteiger partial charge in [-0.25, -0.2) is 4.79 Å². The molecule has 138 valence electrons. The van der Waals surface area contributed by atoms with Crippen molar-refractivity contribution in [2.45, 2.75) is 13.8 Å². The van der Waals surface area contributed by atoms with Crippen molar-refractivity contribution >= 4 is 28.3 Å². The Hall–Kier alpha value is -3.34. The number of carbonyl (C=O) groups is 2. The van der Waals surface area contributed by atoms with E-state index in [0.717, 1.165) is 16.3 Å². The van der Waals surface area contributed by atoms with Gasteiger partial charge < -0.3 is 14.8 Å². The van der Waals surface area contributed by atoms with Gasteiger partial charge in [-0.3, -0.25) is 4.79 Å². The molecule has 0 spiro atoms. The number of ether oxygens (including phenoxy) is 2. The van der Waals surface area contributed by atoms with Crippen molar-refractivity contribution in [3.8, 4) is 5.75 Å². The van der Waals surface area contributed by atoms with Gasteiger partial charge in [0.25, 0.3) is 5.91 Å². The van der Waals surface area contributed by atoms with E-state index in [1.54, 1.807) is 25.1 Å². The molecule has 0 bridgehead atoms. The third-order valence-corrected chi connectivity index (χ3v) is 4.12. The largest absolute Gasteiger partial charge is 0.483 e. The van der Waals surface area contributed by atoms with Crippen LogP contribution in [-0.4, -0.2) is 25.1 Å². The summed E-state index contributed by atoms with van der Waals surface area (Å²) in [5.41, 5.74) is 1.87. The lowest BCUT2D eigenvalue weighted by atomic mass is 10.1. The van der Waals surface area contributed by atoms with Crippen molar-refractivity contribution in [2.24, 2.45) is 0 Å². The van der Waals surface area contributed by atoms with E-state index < -0.39 is 0 Å². The van der Waals surface area contributed by atoms with Gasteiger partial charge in [-0.2, -0.15) is 0 Å². The number of anilines is 1. The van der Waals surface area contributed by atoms with Crippen LogP contribution in [0.25, 0.3) is 10.8 Å². The molecule has 0 aliphatic heterocycles. The van der Waals surface area contributed by atoms with Gasteiger partial charge in [-0.1, -0.05) is 36.4 Å². The highest BCUT2D eigenvalue weighted by molar-refractivity contribution is 5.95. The molecule has 0 fully saturated rings. The quantitative estimate of drug-likeness (QED) is 0.662. The van der Waals surface area contributed by atoms with Crippen LogP contribution in [0, 0.1) is 6.92 Å². The van der Waals surface area contributed by atoms with Gasteiger partial charge in [0, 0.05) is 11.1 Å². The number of nitrogens with one attached hydrogen (secondary N) is 1. The molecule has 0 unspecified atom stereocenters. The Morgan fingerprint density at radius 1 is 1.00 bits per heavy atom. The number of carbonyl (C=O) groups excluding carboxylic acids is 2. The van der Waals surface area contributed by atoms with Crippen molar-refractivity contribution < 1.29 is 19.1 Å². The van der Waals surface area contributed by atoms with Crippen molar-refractivity contribution in [1.82, 2.24) is 0 Å². The SMILES string of the molecule is CCOC(=O)c1ccc(NC(=O)COc2cccc3ccccc23)c(C)c1. The second kappa shape index (κ2) is 8.36. The monoisotopic (exact) mass is 363 g/mol. The zero-order valence-corrected chi connectivity index (χ0v) is 15.3. The molecular weight excluding hydrogens is 342 g/mol. The first-order valence-electron chi connectivity index (χ1n) is 8.76. The first-order chi connectivity index (χ1) is 13.1. The molecule has 3 aromatic carbocycles. The van der Waals surface area contributed by atoms with E-state index in [2.05, 4.69) is 5.32 Å². The highest BCUT2D eigenvalue weighted by atomic mass is 16.5. The van der Waals surface area contributed by atoms with Crippen molar-refractivity contribution in [3.05, 3.63) is 71.8 Å². The lowest BCUT2D eigenvalue weighted by Crippen LogP contribution is -2.21. The van der Waals surface area contributed by atoms with Crippen LogP contribution in [0.3, 0.4) is 0 Å². The molecule has 0 saturated carbocycles. The molecule has 0 heterocycles. The molecule has 1 N–H and O–H groups in total. The standard InChI is InChI=1S/C22H21NO4/c1-3-26-22(25)17-11-12-19(15(2)13-17)23-21(24)14-27-20-10-6-8-16-7-4-5-9-18(16)20/h4-13H,3,14H2,1-2H3,(H,23,24). The Morgan fingerprint density at radius 2 is 1.78 bits per heavy atom. The van der Waals surface area contributed by atoms with E-state index in [0.29, 0.717) is 23.6 Å². The van der Waals surface area contributed by atoms with Crippen molar-refractivity contribution in [3.63, 3.8) is 0 Å². The fourth-order valence-electron chi connectivity index (χ4n) is 2.80. The molecule has 1 amide bonds. The Bertz CT molecular complexity index is 976. The van der Waals surface area contributed by atoms with E-state index in [1.165, 1.54) is 0 Å². The minimum atomic E-state index is -0.377. The molecule has 27 heavy (non-hydrogen) atoms. The maximum atomic E-state index is 12.3. The third-order valence-electron chi connectivity index (χ3n) is 4.12. The number of hydrogen-bond acceptors (Lipinski definition) is 4. The molecule has 3 rings (SSSR count). The fourth-order valence-corrected chi connectivity index (χ4v) is 2.80. The summed E-state index contributed by atoms with van der Waals surface area (Å²) in [5.74, 6) is 0.0188. The molecule has 0 aromatic heterocycles. The van der Waals surface area contributed by atoms with Crippen LogP contribution in [0.15, 0.2) is 60.7 Å². The second-order valence-corrected chi connectivity index (χ2v) is 6.06. The predicted molar refractivity (Wildman–Crippen MR) is 105 cm³/mol. The summed E-state index contributed by atoms with van der Waals surface area (Å²) in [6.45, 7) is 3.80. The zero-order valence-electron chi connectivity index (χ0n) is 15.3. The van der Waals surface area contributed by atoms with Gasteiger partial charge in [0.15, 0.2) is 6.61 Å². The maximum absolute atomic E-state index is 12.3. The van der Waals surface area contributed by atoms with Crippen LogP contribution in [0.2, 0.25) is 0 Å². The number of rotatable bonds is 6. The average Bonchev–Trinajstić information content (AvgIpc) is 2.68. The number of benzene rings is 3. The normalized spacial score (nSPS) is 10.4. The summed E-state index contributed by atoms with van der Waals surface area (Å²) in [4.78, 5) is 24.0. The summed E-state index contributed by atoms with van der Waals surface area (Å²) in [6, 6.07) is 18.6. The van der Waals surface area contributed by atoms with Gasteiger partial charge in [-0.05, 0) is 49.1 Å². The van der Waals surface area contributed by atoms with Gasteiger partial charge >= 0.3 is 5.97 Å². The van der Waals surface area contributed by atoms with Gasteiger partial charge in [-0.15, -0.1) is 0 Å². The maximum Gasteiger partial charge on any atom is 0.338 e. The Balaban J connectivity index is 1.65. The van der Waals surface area contributed by atoms with Gasteiger partial charge in [0.2, 0.25) is 0 Å². The van der Waals surface area contributed by atoms with Crippen LogP contribution < -0.4 is 10.1 Å². The van der Waals surface area contributed by atoms with Crippen LogP contribution in [-0.2, 0) is 9.53 Å². The predicted octanol–water partition coefficient (Wildman–Crippen LogP) is 4.34. The molecule has 0 aliphatic carbocycles. The number of fused-ring (bicyclic) bond motifs is 1. The first kappa shape index (κ1) is 18.5. The summed E-state index contributed by atoms with van der Waals surface area (Å²) in [7, 11) is 0. The molecule has 0 atom stereocenters. The van der Waals surface area contributed by atoms with E-state index in [4.69, 9.17) is 9.47 Å². The van der Waals surface area contributed by atoms with E-state index in [9.17, 15) is 9.59 Å². The summed E-state index contributed by atoms with van der Waals surface area (Å²) in [5, 5.41) is 4.83. The Labute approximate surface area is 157 Å². The van der Waals surface area contributed by atoms with Crippen molar-refractivity contribution in [2.75, 3.05) is 18.5 Å². The summed E-state index contributed by atoms with van der Waals surface area (Å²) >= 11 is 0. The van der Waals surface area contributed by atoms with Crippen LogP contribution in [0.4, 0.5) is 5.69 Å². The zero-order chi connectivity index (χ0) is 19.2. The minimum Gasteiger partial charge on any atom is -0.483 e. The van der Waals surface area contributed by atoms with Crippen LogP contribution in [0.1, 0.15) is 22.8 Å². The second-order valence-electron chi connectivity index (χ2n) is 6.06. The summed E-state index contributed by atoms with van der Waals surface area (Å²) in [6.07, 6.45) is 0. The molecule has 5 heteroatoms. The molecule has 3 aromatic rings.